The molecule has 1 aromatic heterocycles. The van der Waals surface area contributed by atoms with Gasteiger partial charge in [0.1, 0.15) is 0 Å². The number of carbonyl (C=O) groups is 1. The summed E-state index contributed by atoms with van der Waals surface area (Å²) in [6.07, 6.45) is 0.733. The van der Waals surface area contributed by atoms with Crippen molar-refractivity contribution < 1.29 is 4.79 Å². The Hall–Kier alpha value is -2.56. The number of aromatic nitrogens is 1. The quantitative estimate of drug-likeness (QED) is 0.782. The number of benzene rings is 1. The Bertz CT molecular complexity index is 822. The second-order valence-corrected chi connectivity index (χ2v) is 7.24. The number of rotatable bonds is 5. The summed E-state index contributed by atoms with van der Waals surface area (Å²) < 4.78 is 0. The molecule has 5 nitrogen and oxygen atoms in total. The van der Waals surface area contributed by atoms with Gasteiger partial charge < -0.3 is 15.6 Å². The zero-order valence-electron chi connectivity index (χ0n) is 15.6. The summed E-state index contributed by atoms with van der Waals surface area (Å²) in [7, 11) is 0. The summed E-state index contributed by atoms with van der Waals surface area (Å²) >= 11 is 0. The molecular formula is C20H27N3O2. The van der Waals surface area contributed by atoms with Crippen molar-refractivity contribution in [3.05, 3.63) is 68.6 Å². The van der Waals surface area contributed by atoms with E-state index in [1.165, 1.54) is 11.1 Å². The average Bonchev–Trinajstić information content (AvgIpc) is 2.47. The van der Waals surface area contributed by atoms with E-state index in [0.717, 1.165) is 17.7 Å². The largest absolute Gasteiger partial charge is 0.334 e. The number of carbonyl (C=O) groups excluding carboxylic acids is 1. The number of hydrogen-bond donors (Lipinski definition) is 3. The van der Waals surface area contributed by atoms with E-state index < -0.39 is 5.54 Å². The number of hydrogen-bond acceptors (Lipinski definition) is 2. The van der Waals surface area contributed by atoms with Gasteiger partial charge in [-0.1, -0.05) is 24.3 Å². The fourth-order valence-electron chi connectivity index (χ4n) is 2.95. The molecule has 5 heteroatoms. The molecule has 0 spiro atoms. The van der Waals surface area contributed by atoms with Crippen LogP contribution in [0.2, 0.25) is 0 Å². The first-order valence-corrected chi connectivity index (χ1v) is 8.48. The lowest BCUT2D eigenvalue weighted by atomic mass is 9.92. The molecule has 0 saturated heterocycles. The number of amides is 2. The van der Waals surface area contributed by atoms with Crippen molar-refractivity contribution >= 4 is 6.03 Å². The van der Waals surface area contributed by atoms with E-state index in [1.807, 2.05) is 45.9 Å². The van der Waals surface area contributed by atoms with Crippen molar-refractivity contribution in [1.82, 2.24) is 15.6 Å². The van der Waals surface area contributed by atoms with Crippen molar-refractivity contribution in [3.63, 3.8) is 0 Å². The number of pyridine rings is 1. The summed E-state index contributed by atoms with van der Waals surface area (Å²) in [5.41, 5.74) is 4.13. The molecule has 0 aliphatic carbocycles. The number of nitrogens with one attached hydrogen (secondary N) is 3. The van der Waals surface area contributed by atoms with Gasteiger partial charge in [-0.15, -0.1) is 0 Å². The second kappa shape index (κ2) is 7.55. The summed E-state index contributed by atoms with van der Waals surface area (Å²) in [5.74, 6) is 0. The number of H-pyrrole nitrogens is 1. The van der Waals surface area contributed by atoms with Gasteiger partial charge >= 0.3 is 6.03 Å². The monoisotopic (exact) mass is 341 g/mol. The molecule has 0 saturated carbocycles. The lowest BCUT2D eigenvalue weighted by Gasteiger charge is -2.27. The van der Waals surface area contributed by atoms with E-state index in [9.17, 15) is 9.59 Å². The maximum atomic E-state index is 12.3. The van der Waals surface area contributed by atoms with Crippen LogP contribution in [0.1, 0.15) is 41.8 Å². The van der Waals surface area contributed by atoms with E-state index >= 15 is 0 Å². The fraction of sp³-hybridized carbons (Fsp3) is 0.400. The minimum Gasteiger partial charge on any atom is -0.334 e. The van der Waals surface area contributed by atoms with Crippen LogP contribution in [-0.4, -0.2) is 16.6 Å². The van der Waals surface area contributed by atoms with Crippen molar-refractivity contribution in [3.8, 4) is 0 Å². The average molecular weight is 341 g/mol. The van der Waals surface area contributed by atoms with Gasteiger partial charge in [0.25, 0.3) is 5.56 Å². The Kier molecular flexibility index (Phi) is 5.67. The smallest absolute Gasteiger partial charge is 0.315 e. The third kappa shape index (κ3) is 5.21. The van der Waals surface area contributed by atoms with Crippen LogP contribution < -0.4 is 16.2 Å². The van der Waals surface area contributed by atoms with E-state index in [0.29, 0.717) is 5.56 Å². The molecule has 0 aliphatic heterocycles. The topological polar surface area (TPSA) is 74.0 Å². The SMILES string of the molecule is Cc1cc(C)c(CNC(=O)NC(C)(C)Cc2ccccc2C)c(=O)[nH]1. The van der Waals surface area contributed by atoms with Crippen LogP contribution in [-0.2, 0) is 13.0 Å². The van der Waals surface area contributed by atoms with Crippen LogP contribution in [0.25, 0.3) is 0 Å². The molecular weight excluding hydrogens is 314 g/mol. The standard InChI is InChI=1S/C20H27N3O2/c1-13-8-6-7-9-16(13)11-20(4,5)23-19(25)21-12-17-14(2)10-15(3)22-18(17)24/h6-10H,11-12H2,1-5H3,(H,22,24)(H2,21,23,25). The third-order valence-electron chi connectivity index (χ3n) is 4.27. The summed E-state index contributed by atoms with van der Waals surface area (Å²) in [6, 6.07) is 9.78. The molecule has 0 fully saturated rings. The van der Waals surface area contributed by atoms with E-state index in [1.54, 1.807) is 0 Å². The fourth-order valence-corrected chi connectivity index (χ4v) is 2.95. The minimum atomic E-state index is -0.398. The van der Waals surface area contributed by atoms with Gasteiger partial charge in [-0.2, -0.15) is 0 Å². The normalized spacial score (nSPS) is 11.2. The molecule has 25 heavy (non-hydrogen) atoms. The molecule has 0 atom stereocenters. The predicted octanol–water partition coefficient (Wildman–Crippen LogP) is 3.12. The van der Waals surface area contributed by atoms with E-state index in [2.05, 4.69) is 34.7 Å². The van der Waals surface area contributed by atoms with Crippen LogP contribution >= 0.6 is 0 Å². The van der Waals surface area contributed by atoms with Gasteiger partial charge in [0.2, 0.25) is 0 Å². The highest BCUT2D eigenvalue weighted by molar-refractivity contribution is 5.74. The maximum Gasteiger partial charge on any atom is 0.315 e. The molecule has 0 radical (unpaired) electrons. The van der Waals surface area contributed by atoms with Gasteiger partial charge in [0, 0.05) is 16.8 Å². The molecule has 2 aromatic rings. The van der Waals surface area contributed by atoms with Crippen molar-refractivity contribution in [1.29, 1.82) is 0 Å². The first-order chi connectivity index (χ1) is 11.7. The van der Waals surface area contributed by atoms with Crippen molar-refractivity contribution in [2.45, 2.75) is 53.1 Å². The lowest BCUT2D eigenvalue weighted by molar-refractivity contribution is 0.229. The zero-order valence-corrected chi connectivity index (χ0v) is 15.6. The predicted molar refractivity (Wildman–Crippen MR) is 101 cm³/mol. The highest BCUT2D eigenvalue weighted by Crippen LogP contribution is 2.16. The Morgan fingerprint density at radius 3 is 2.44 bits per heavy atom. The molecule has 2 amide bonds. The summed E-state index contributed by atoms with van der Waals surface area (Å²) in [4.78, 5) is 27.0. The summed E-state index contributed by atoms with van der Waals surface area (Å²) in [5, 5.41) is 5.78. The van der Waals surface area contributed by atoms with Gasteiger partial charge in [-0.3, -0.25) is 4.79 Å². The lowest BCUT2D eigenvalue weighted by Crippen LogP contribution is -2.49. The molecule has 0 bridgehead atoms. The number of aromatic amines is 1. The Morgan fingerprint density at radius 1 is 1.12 bits per heavy atom. The second-order valence-electron chi connectivity index (χ2n) is 7.24. The molecule has 134 valence electrons. The molecule has 0 aliphatic rings. The molecule has 2 rings (SSSR count). The van der Waals surface area contributed by atoms with Gasteiger partial charge in [-0.25, -0.2) is 4.79 Å². The number of urea groups is 1. The first-order valence-electron chi connectivity index (χ1n) is 8.48. The Morgan fingerprint density at radius 2 is 1.80 bits per heavy atom. The molecule has 3 N–H and O–H groups in total. The number of aryl methyl sites for hydroxylation is 3. The molecule has 1 aromatic carbocycles. The van der Waals surface area contributed by atoms with Crippen LogP contribution in [0.3, 0.4) is 0 Å². The maximum absolute atomic E-state index is 12.3. The van der Waals surface area contributed by atoms with Crippen LogP contribution in [0, 0.1) is 20.8 Å². The Balaban J connectivity index is 1.98. The highest BCUT2D eigenvalue weighted by atomic mass is 16.2. The molecule has 0 unspecified atom stereocenters. The van der Waals surface area contributed by atoms with E-state index in [4.69, 9.17) is 0 Å². The van der Waals surface area contributed by atoms with Gasteiger partial charge in [0.05, 0.1) is 6.54 Å². The van der Waals surface area contributed by atoms with E-state index in [-0.39, 0.29) is 18.1 Å². The van der Waals surface area contributed by atoms with Crippen LogP contribution in [0.15, 0.2) is 35.1 Å². The first kappa shape index (κ1) is 18.8. The Labute approximate surface area is 148 Å². The van der Waals surface area contributed by atoms with Crippen molar-refractivity contribution in [2.75, 3.05) is 0 Å². The minimum absolute atomic E-state index is 0.156. The van der Waals surface area contributed by atoms with Crippen LogP contribution in [0.4, 0.5) is 4.79 Å². The van der Waals surface area contributed by atoms with Crippen LogP contribution in [0.5, 0.6) is 0 Å². The highest BCUT2D eigenvalue weighted by Gasteiger charge is 2.21. The van der Waals surface area contributed by atoms with Crippen molar-refractivity contribution in [2.24, 2.45) is 0 Å². The van der Waals surface area contributed by atoms with Gasteiger partial charge in [-0.05, 0) is 63.8 Å². The third-order valence-corrected chi connectivity index (χ3v) is 4.27. The van der Waals surface area contributed by atoms with Gasteiger partial charge in [0.15, 0.2) is 0 Å². The summed E-state index contributed by atoms with van der Waals surface area (Å²) in [6.45, 7) is 9.96. The zero-order chi connectivity index (χ0) is 18.6. The molecule has 1 heterocycles.